The third-order valence-electron chi connectivity index (χ3n) is 2.12. The monoisotopic (exact) mass is 176 g/mol. The van der Waals surface area contributed by atoms with Crippen LogP contribution < -0.4 is 5.32 Å². The van der Waals surface area contributed by atoms with Crippen molar-refractivity contribution < 1.29 is 10.2 Å². The SMILES string of the molecule is CCN(C(C)O)[C@@H](C)C(O)NC. The van der Waals surface area contributed by atoms with Gasteiger partial charge in [-0.05, 0) is 27.4 Å². The first-order valence-corrected chi connectivity index (χ1v) is 4.33. The molecule has 0 saturated heterocycles. The highest BCUT2D eigenvalue weighted by atomic mass is 16.3. The Morgan fingerprint density at radius 3 is 2.08 bits per heavy atom. The number of nitrogens with zero attached hydrogens (tertiary/aromatic N) is 1. The van der Waals surface area contributed by atoms with Crippen LogP contribution in [-0.4, -0.2) is 47.2 Å². The van der Waals surface area contributed by atoms with Gasteiger partial charge < -0.3 is 10.2 Å². The molecule has 0 aliphatic heterocycles. The summed E-state index contributed by atoms with van der Waals surface area (Å²) in [5.41, 5.74) is 0. The minimum Gasteiger partial charge on any atom is -0.379 e. The van der Waals surface area contributed by atoms with E-state index in [2.05, 4.69) is 5.32 Å². The van der Waals surface area contributed by atoms with Crippen molar-refractivity contribution in [2.24, 2.45) is 0 Å². The molecule has 0 heterocycles. The van der Waals surface area contributed by atoms with E-state index in [-0.39, 0.29) is 6.04 Å². The van der Waals surface area contributed by atoms with E-state index in [1.807, 2.05) is 13.8 Å². The largest absolute Gasteiger partial charge is 0.379 e. The number of nitrogens with one attached hydrogen (secondary N) is 1. The highest BCUT2D eigenvalue weighted by Crippen LogP contribution is 2.05. The second-order valence-electron chi connectivity index (χ2n) is 2.94. The van der Waals surface area contributed by atoms with E-state index in [0.717, 1.165) is 6.54 Å². The molecule has 74 valence electrons. The minimum atomic E-state index is -0.598. The highest BCUT2D eigenvalue weighted by molar-refractivity contribution is 4.71. The Kier molecular flexibility index (Phi) is 5.41. The average molecular weight is 176 g/mol. The number of rotatable bonds is 5. The summed E-state index contributed by atoms with van der Waals surface area (Å²) in [6, 6.07) is -0.0833. The second-order valence-corrected chi connectivity index (χ2v) is 2.94. The maximum absolute atomic E-state index is 9.41. The smallest absolute Gasteiger partial charge is 0.120 e. The van der Waals surface area contributed by atoms with Gasteiger partial charge in [-0.2, -0.15) is 0 Å². The molecule has 2 unspecified atom stereocenters. The van der Waals surface area contributed by atoms with Crippen molar-refractivity contribution >= 4 is 0 Å². The molecule has 0 spiro atoms. The summed E-state index contributed by atoms with van der Waals surface area (Å²) in [7, 11) is 1.69. The molecule has 0 aromatic carbocycles. The number of aliphatic hydroxyl groups excluding tert-OH is 2. The zero-order valence-electron chi connectivity index (χ0n) is 8.28. The molecule has 0 saturated carbocycles. The Morgan fingerprint density at radius 1 is 1.33 bits per heavy atom. The van der Waals surface area contributed by atoms with Crippen molar-refractivity contribution in [2.45, 2.75) is 39.3 Å². The number of likely N-dealkylation sites (N-methyl/N-ethyl adjacent to an activating group) is 2. The van der Waals surface area contributed by atoms with Crippen LogP contribution in [0.4, 0.5) is 0 Å². The quantitative estimate of drug-likeness (QED) is 0.498. The molecular formula is C8H20N2O2. The Bertz CT molecular complexity index is 120. The van der Waals surface area contributed by atoms with Crippen LogP contribution >= 0.6 is 0 Å². The van der Waals surface area contributed by atoms with Gasteiger partial charge in [0.1, 0.15) is 12.5 Å². The fourth-order valence-electron chi connectivity index (χ4n) is 1.32. The van der Waals surface area contributed by atoms with Crippen LogP contribution in [0.1, 0.15) is 20.8 Å². The normalized spacial score (nSPS) is 19.2. The molecule has 0 aliphatic carbocycles. The van der Waals surface area contributed by atoms with Crippen molar-refractivity contribution in [3.8, 4) is 0 Å². The van der Waals surface area contributed by atoms with Crippen LogP contribution in [0.25, 0.3) is 0 Å². The number of aliphatic hydroxyl groups is 2. The third-order valence-corrected chi connectivity index (χ3v) is 2.12. The Labute approximate surface area is 74.2 Å². The molecule has 0 fully saturated rings. The van der Waals surface area contributed by atoms with Crippen molar-refractivity contribution in [3.63, 3.8) is 0 Å². The first kappa shape index (κ1) is 11.8. The lowest BCUT2D eigenvalue weighted by molar-refractivity contribution is -0.0500. The van der Waals surface area contributed by atoms with Crippen LogP contribution in [0, 0.1) is 0 Å². The van der Waals surface area contributed by atoms with Crippen molar-refractivity contribution in [1.82, 2.24) is 10.2 Å². The highest BCUT2D eigenvalue weighted by Gasteiger charge is 2.21. The maximum Gasteiger partial charge on any atom is 0.120 e. The van der Waals surface area contributed by atoms with Crippen LogP contribution in [0.5, 0.6) is 0 Å². The zero-order valence-corrected chi connectivity index (χ0v) is 8.28. The molecule has 0 rings (SSSR count). The first-order valence-electron chi connectivity index (χ1n) is 4.33. The predicted molar refractivity (Wildman–Crippen MR) is 48.6 cm³/mol. The zero-order chi connectivity index (χ0) is 9.72. The van der Waals surface area contributed by atoms with Crippen molar-refractivity contribution in [2.75, 3.05) is 13.6 Å². The molecule has 3 N–H and O–H groups in total. The molecule has 0 aromatic rings. The van der Waals surface area contributed by atoms with Gasteiger partial charge in [0.25, 0.3) is 0 Å². The molecular weight excluding hydrogens is 156 g/mol. The Morgan fingerprint density at radius 2 is 1.83 bits per heavy atom. The Balaban J connectivity index is 4.10. The van der Waals surface area contributed by atoms with E-state index in [9.17, 15) is 10.2 Å². The first-order chi connectivity index (χ1) is 5.54. The fraction of sp³-hybridized carbons (Fsp3) is 1.00. The summed E-state index contributed by atoms with van der Waals surface area (Å²) in [5.74, 6) is 0. The van der Waals surface area contributed by atoms with Gasteiger partial charge in [-0.15, -0.1) is 0 Å². The topological polar surface area (TPSA) is 55.7 Å². The standard InChI is InChI=1S/C8H20N2O2/c1-5-10(7(3)11)6(2)8(12)9-4/h6-9,11-12H,5H2,1-4H3/t6-,7?,8?/m0/s1. The lowest BCUT2D eigenvalue weighted by atomic mass is 10.2. The van der Waals surface area contributed by atoms with E-state index < -0.39 is 12.5 Å². The lowest BCUT2D eigenvalue weighted by Gasteiger charge is -2.33. The van der Waals surface area contributed by atoms with Gasteiger partial charge in [0.05, 0.1) is 0 Å². The van der Waals surface area contributed by atoms with E-state index in [1.54, 1.807) is 18.9 Å². The summed E-state index contributed by atoms with van der Waals surface area (Å²) in [6.45, 7) is 6.24. The van der Waals surface area contributed by atoms with Gasteiger partial charge in [-0.3, -0.25) is 10.2 Å². The van der Waals surface area contributed by atoms with Gasteiger partial charge in [0, 0.05) is 6.04 Å². The van der Waals surface area contributed by atoms with Crippen molar-refractivity contribution in [3.05, 3.63) is 0 Å². The maximum atomic E-state index is 9.41. The van der Waals surface area contributed by atoms with Crippen LogP contribution in [0.2, 0.25) is 0 Å². The molecule has 12 heavy (non-hydrogen) atoms. The summed E-state index contributed by atoms with van der Waals surface area (Å²) in [5, 5.41) is 21.5. The molecule has 4 heteroatoms. The molecule has 0 amide bonds. The van der Waals surface area contributed by atoms with E-state index in [4.69, 9.17) is 0 Å². The predicted octanol–water partition coefficient (Wildman–Crippen LogP) is -0.427. The molecule has 0 aromatic heterocycles. The summed E-state index contributed by atoms with van der Waals surface area (Å²) in [4.78, 5) is 1.81. The molecule has 3 atom stereocenters. The van der Waals surface area contributed by atoms with Gasteiger partial charge in [-0.1, -0.05) is 6.92 Å². The van der Waals surface area contributed by atoms with E-state index in [0.29, 0.717) is 0 Å². The second kappa shape index (κ2) is 5.48. The van der Waals surface area contributed by atoms with Crippen molar-refractivity contribution in [1.29, 1.82) is 0 Å². The van der Waals surface area contributed by atoms with Crippen LogP contribution in [0.15, 0.2) is 0 Å². The lowest BCUT2D eigenvalue weighted by Crippen LogP contribution is -2.50. The van der Waals surface area contributed by atoms with Gasteiger partial charge in [-0.25, -0.2) is 0 Å². The molecule has 0 aliphatic rings. The summed E-state index contributed by atoms with van der Waals surface area (Å²) in [6.07, 6.45) is -1.12. The summed E-state index contributed by atoms with van der Waals surface area (Å²) < 4.78 is 0. The van der Waals surface area contributed by atoms with Crippen LogP contribution in [0.3, 0.4) is 0 Å². The average Bonchev–Trinajstić information content (AvgIpc) is 2.03. The number of hydrogen-bond acceptors (Lipinski definition) is 4. The van der Waals surface area contributed by atoms with Gasteiger partial charge in [0.15, 0.2) is 0 Å². The summed E-state index contributed by atoms with van der Waals surface area (Å²) >= 11 is 0. The number of hydrogen-bond donors (Lipinski definition) is 3. The van der Waals surface area contributed by atoms with Gasteiger partial charge >= 0.3 is 0 Å². The molecule has 0 bridgehead atoms. The molecule has 0 radical (unpaired) electrons. The van der Waals surface area contributed by atoms with E-state index in [1.165, 1.54) is 0 Å². The minimum absolute atomic E-state index is 0.0833. The molecule has 4 nitrogen and oxygen atoms in total. The van der Waals surface area contributed by atoms with Crippen LogP contribution in [-0.2, 0) is 0 Å². The third kappa shape index (κ3) is 3.06. The Hall–Kier alpha value is -0.160. The fourth-order valence-corrected chi connectivity index (χ4v) is 1.32. The van der Waals surface area contributed by atoms with E-state index >= 15 is 0 Å². The van der Waals surface area contributed by atoms with Gasteiger partial charge in [0.2, 0.25) is 0 Å².